The maximum absolute atomic E-state index is 12.7. The number of methoxy groups -OCH3 is 1. The molecule has 20 heavy (non-hydrogen) atoms. The summed E-state index contributed by atoms with van der Waals surface area (Å²) in [7, 11) is 3.54. The molecule has 0 spiro atoms. The molecule has 1 aliphatic rings. The molecule has 0 saturated carbocycles. The van der Waals surface area contributed by atoms with Gasteiger partial charge in [-0.15, -0.1) is 0 Å². The van der Waals surface area contributed by atoms with E-state index >= 15 is 0 Å². The highest BCUT2D eigenvalue weighted by atomic mass is 16.5. The standard InChI is InChI=1S/C16H19NO3/c1-9(2)13-8-11-15(18)10-6-5-7-12(19-4)14(10)17(3)16(11)20-13/h5-7,9,13H,8H2,1-4H3/t13-/m1/s1. The maximum atomic E-state index is 12.7. The number of benzene rings is 1. The van der Waals surface area contributed by atoms with E-state index in [4.69, 9.17) is 9.47 Å². The van der Waals surface area contributed by atoms with Crippen molar-refractivity contribution >= 4 is 10.9 Å². The first-order valence-electron chi connectivity index (χ1n) is 6.89. The monoisotopic (exact) mass is 273 g/mol. The minimum Gasteiger partial charge on any atom is -0.495 e. The lowest BCUT2D eigenvalue weighted by Crippen LogP contribution is -2.20. The first kappa shape index (κ1) is 13.0. The van der Waals surface area contributed by atoms with Crippen LogP contribution < -0.4 is 14.9 Å². The highest BCUT2D eigenvalue weighted by Gasteiger charge is 2.31. The molecule has 1 aromatic heterocycles. The lowest BCUT2D eigenvalue weighted by Gasteiger charge is -2.16. The second-order valence-electron chi connectivity index (χ2n) is 5.63. The van der Waals surface area contributed by atoms with Crippen molar-refractivity contribution in [2.75, 3.05) is 7.11 Å². The Bertz CT molecular complexity index is 731. The van der Waals surface area contributed by atoms with E-state index in [1.54, 1.807) is 7.11 Å². The molecule has 4 nitrogen and oxygen atoms in total. The molecule has 0 radical (unpaired) electrons. The number of para-hydroxylation sites is 1. The van der Waals surface area contributed by atoms with Gasteiger partial charge in [0.15, 0.2) is 5.43 Å². The van der Waals surface area contributed by atoms with E-state index in [2.05, 4.69) is 13.8 Å². The summed E-state index contributed by atoms with van der Waals surface area (Å²) in [5.41, 5.74) is 1.64. The summed E-state index contributed by atoms with van der Waals surface area (Å²) in [6, 6.07) is 5.57. The van der Waals surface area contributed by atoms with Gasteiger partial charge < -0.3 is 14.0 Å². The quantitative estimate of drug-likeness (QED) is 0.844. The Labute approximate surface area is 117 Å². The van der Waals surface area contributed by atoms with Crippen LogP contribution in [0.2, 0.25) is 0 Å². The van der Waals surface area contributed by atoms with Crippen molar-refractivity contribution in [3.05, 3.63) is 34.0 Å². The summed E-state index contributed by atoms with van der Waals surface area (Å²) in [4.78, 5) is 12.7. The summed E-state index contributed by atoms with van der Waals surface area (Å²) in [6.07, 6.45) is 0.763. The van der Waals surface area contributed by atoms with Gasteiger partial charge in [-0.1, -0.05) is 19.9 Å². The molecule has 2 aromatic rings. The predicted molar refractivity (Wildman–Crippen MR) is 78.7 cm³/mol. The Kier molecular flexibility index (Phi) is 2.96. The first-order chi connectivity index (χ1) is 9.54. The van der Waals surface area contributed by atoms with Gasteiger partial charge in [0.25, 0.3) is 0 Å². The summed E-state index contributed by atoms with van der Waals surface area (Å²) < 4.78 is 13.3. The van der Waals surface area contributed by atoms with Crippen LogP contribution in [0, 0.1) is 5.92 Å². The first-order valence-corrected chi connectivity index (χ1v) is 6.89. The highest BCUT2D eigenvalue weighted by Crippen LogP contribution is 2.34. The minimum atomic E-state index is 0.0650. The van der Waals surface area contributed by atoms with Crippen LogP contribution in [0.5, 0.6) is 11.6 Å². The third kappa shape index (κ3) is 1.71. The van der Waals surface area contributed by atoms with Crippen molar-refractivity contribution in [1.29, 1.82) is 0 Å². The van der Waals surface area contributed by atoms with E-state index in [0.717, 1.165) is 11.1 Å². The van der Waals surface area contributed by atoms with Crippen molar-refractivity contribution in [3.63, 3.8) is 0 Å². The van der Waals surface area contributed by atoms with Crippen LogP contribution in [-0.4, -0.2) is 17.8 Å². The molecule has 0 amide bonds. The summed E-state index contributed by atoms with van der Waals surface area (Å²) in [5, 5.41) is 0.693. The topological polar surface area (TPSA) is 40.5 Å². The van der Waals surface area contributed by atoms with Crippen LogP contribution in [0.3, 0.4) is 0 Å². The molecule has 2 heterocycles. The van der Waals surface area contributed by atoms with Crippen LogP contribution in [0.1, 0.15) is 19.4 Å². The fraction of sp³-hybridized carbons (Fsp3) is 0.438. The number of aryl methyl sites for hydroxylation is 1. The number of hydrogen-bond acceptors (Lipinski definition) is 3. The Morgan fingerprint density at radius 1 is 1.40 bits per heavy atom. The molecule has 0 saturated heterocycles. The van der Waals surface area contributed by atoms with Crippen LogP contribution in [0.15, 0.2) is 23.0 Å². The number of fused-ring (bicyclic) bond motifs is 2. The van der Waals surface area contributed by atoms with Crippen LogP contribution in [-0.2, 0) is 13.5 Å². The SMILES string of the molecule is COc1cccc2c(=O)c3c(n(C)c12)O[C@@H](C(C)C)C3. The highest BCUT2D eigenvalue weighted by molar-refractivity contribution is 5.86. The fourth-order valence-electron chi connectivity index (χ4n) is 2.87. The van der Waals surface area contributed by atoms with Crippen LogP contribution in [0.25, 0.3) is 10.9 Å². The number of aromatic nitrogens is 1. The van der Waals surface area contributed by atoms with E-state index in [-0.39, 0.29) is 11.5 Å². The van der Waals surface area contributed by atoms with E-state index in [1.807, 2.05) is 29.8 Å². The average molecular weight is 273 g/mol. The van der Waals surface area contributed by atoms with Gasteiger partial charge in [-0.3, -0.25) is 4.79 Å². The van der Waals surface area contributed by atoms with E-state index in [9.17, 15) is 4.79 Å². The number of hydrogen-bond donors (Lipinski definition) is 0. The minimum absolute atomic E-state index is 0.0650. The van der Waals surface area contributed by atoms with Crippen LogP contribution in [0.4, 0.5) is 0 Å². The normalized spacial score (nSPS) is 17.4. The Morgan fingerprint density at radius 2 is 2.15 bits per heavy atom. The zero-order valence-corrected chi connectivity index (χ0v) is 12.3. The van der Waals surface area contributed by atoms with Gasteiger partial charge in [0.05, 0.1) is 18.2 Å². The Hall–Kier alpha value is -1.97. The van der Waals surface area contributed by atoms with Crippen molar-refractivity contribution in [2.24, 2.45) is 13.0 Å². The molecule has 3 rings (SSSR count). The van der Waals surface area contributed by atoms with Gasteiger partial charge in [0.1, 0.15) is 11.9 Å². The van der Waals surface area contributed by atoms with Crippen molar-refractivity contribution in [2.45, 2.75) is 26.4 Å². The van der Waals surface area contributed by atoms with Crippen molar-refractivity contribution in [1.82, 2.24) is 4.57 Å². The predicted octanol–water partition coefficient (Wildman–Crippen LogP) is 2.51. The molecular weight excluding hydrogens is 254 g/mol. The molecule has 106 valence electrons. The number of ether oxygens (including phenoxy) is 2. The molecule has 0 bridgehead atoms. The third-order valence-corrected chi connectivity index (χ3v) is 4.05. The zero-order valence-electron chi connectivity index (χ0n) is 12.3. The number of nitrogens with zero attached hydrogens (tertiary/aromatic N) is 1. The summed E-state index contributed by atoms with van der Waals surface area (Å²) >= 11 is 0. The van der Waals surface area contributed by atoms with Crippen molar-refractivity contribution in [3.8, 4) is 11.6 Å². The largest absolute Gasteiger partial charge is 0.495 e. The number of rotatable bonds is 2. The average Bonchev–Trinajstić information content (AvgIpc) is 2.89. The molecule has 1 atom stereocenters. The summed E-state index contributed by atoms with van der Waals surface area (Å²) in [6.45, 7) is 4.22. The second kappa shape index (κ2) is 4.54. The molecule has 1 aliphatic heterocycles. The fourth-order valence-corrected chi connectivity index (χ4v) is 2.87. The molecular formula is C16H19NO3. The van der Waals surface area contributed by atoms with Gasteiger partial charge in [0, 0.05) is 18.9 Å². The molecule has 0 unspecified atom stereocenters. The molecule has 0 aliphatic carbocycles. The van der Waals surface area contributed by atoms with E-state index in [1.165, 1.54) is 0 Å². The van der Waals surface area contributed by atoms with Gasteiger partial charge >= 0.3 is 0 Å². The summed E-state index contributed by atoms with van der Waals surface area (Å²) in [5.74, 6) is 1.76. The van der Waals surface area contributed by atoms with Gasteiger partial charge in [-0.2, -0.15) is 0 Å². The smallest absolute Gasteiger partial charge is 0.201 e. The second-order valence-corrected chi connectivity index (χ2v) is 5.63. The van der Waals surface area contributed by atoms with Crippen molar-refractivity contribution < 1.29 is 9.47 Å². The van der Waals surface area contributed by atoms with Gasteiger partial charge in [-0.05, 0) is 18.1 Å². The lowest BCUT2D eigenvalue weighted by atomic mass is 10.0. The van der Waals surface area contributed by atoms with Gasteiger partial charge in [-0.25, -0.2) is 0 Å². The number of pyridine rings is 1. The maximum Gasteiger partial charge on any atom is 0.201 e. The van der Waals surface area contributed by atoms with Gasteiger partial charge in [0.2, 0.25) is 5.88 Å². The molecule has 0 N–H and O–H groups in total. The zero-order chi connectivity index (χ0) is 14.4. The molecule has 0 fully saturated rings. The molecule has 1 aromatic carbocycles. The van der Waals surface area contributed by atoms with E-state index < -0.39 is 0 Å². The third-order valence-electron chi connectivity index (χ3n) is 4.05. The Morgan fingerprint density at radius 3 is 2.80 bits per heavy atom. The Balaban J connectivity index is 2.32. The molecule has 4 heteroatoms. The van der Waals surface area contributed by atoms with E-state index in [0.29, 0.717) is 29.4 Å². The lowest BCUT2D eigenvalue weighted by molar-refractivity contribution is 0.168. The van der Waals surface area contributed by atoms with Crippen LogP contribution >= 0.6 is 0 Å².